The zero-order valence-corrected chi connectivity index (χ0v) is 13.1. The van der Waals surface area contributed by atoms with E-state index in [1.54, 1.807) is 24.3 Å². The van der Waals surface area contributed by atoms with Gasteiger partial charge in [-0.05, 0) is 49.8 Å². The van der Waals surface area contributed by atoms with Gasteiger partial charge in [0, 0.05) is 5.69 Å². The van der Waals surface area contributed by atoms with Crippen molar-refractivity contribution in [2.45, 2.75) is 44.0 Å². The summed E-state index contributed by atoms with van der Waals surface area (Å²) in [6, 6.07) is 6.97. The molecule has 8 heteroatoms. The Morgan fingerprint density at radius 3 is 2.30 bits per heavy atom. The van der Waals surface area contributed by atoms with Gasteiger partial charge in [-0.15, -0.1) is 0 Å². The lowest BCUT2D eigenvalue weighted by molar-refractivity contribution is -0.144. The Bertz CT molecular complexity index is 483. The SMILES string of the molecule is Nc1ccc(OCCCC(N)(CCCCB(O)O)C(=O)O)cc1. The number of nitrogen functional groups attached to an aromatic ring is 1. The van der Waals surface area contributed by atoms with Gasteiger partial charge in [0.05, 0.1) is 6.61 Å². The second-order valence-corrected chi connectivity index (χ2v) is 5.71. The number of anilines is 1. The minimum Gasteiger partial charge on any atom is -0.494 e. The average molecular weight is 324 g/mol. The van der Waals surface area contributed by atoms with Gasteiger partial charge in [0.1, 0.15) is 11.3 Å². The van der Waals surface area contributed by atoms with E-state index in [1.165, 1.54) is 0 Å². The van der Waals surface area contributed by atoms with Crippen molar-refractivity contribution in [1.29, 1.82) is 0 Å². The Balaban J connectivity index is 2.34. The summed E-state index contributed by atoms with van der Waals surface area (Å²) >= 11 is 0. The molecule has 1 rings (SSSR count). The van der Waals surface area contributed by atoms with Crippen LogP contribution in [0.25, 0.3) is 0 Å². The van der Waals surface area contributed by atoms with Crippen molar-refractivity contribution in [1.82, 2.24) is 0 Å². The predicted octanol–water partition coefficient (Wildman–Crippen LogP) is 0.853. The van der Waals surface area contributed by atoms with Gasteiger partial charge in [0.25, 0.3) is 0 Å². The molecule has 1 aromatic carbocycles. The number of unbranched alkanes of at least 4 members (excludes halogenated alkanes) is 1. The Hall–Kier alpha value is -1.77. The van der Waals surface area contributed by atoms with E-state index in [1.807, 2.05) is 0 Å². The van der Waals surface area contributed by atoms with E-state index in [2.05, 4.69) is 0 Å². The number of aliphatic carboxylic acids is 1. The van der Waals surface area contributed by atoms with Gasteiger partial charge < -0.3 is 31.4 Å². The number of ether oxygens (including phenoxy) is 1. The molecule has 128 valence electrons. The summed E-state index contributed by atoms with van der Waals surface area (Å²) in [6.45, 7) is 0.367. The van der Waals surface area contributed by atoms with Gasteiger partial charge in [0.15, 0.2) is 0 Å². The van der Waals surface area contributed by atoms with Crippen LogP contribution in [0.5, 0.6) is 5.75 Å². The minimum absolute atomic E-state index is 0.218. The first-order chi connectivity index (χ1) is 10.8. The second kappa shape index (κ2) is 9.39. The highest BCUT2D eigenvalue weighted by Gasteiger charge is 2.32. The van der Waals surface area contributed by atoms with Crippen LogP contribution in [-0.4, -0.2) is 40.4 Å². The van der Waals surface area contributed by atoms with E-state index in [0.717, 1.165) is 0 Å². The molecule has 0 radical (unpaired) electrons. The number of carboxylic acid groups (broad SMARTS) is 1. The Morgan fingerprint density at radius 2 is 1.74 bits per heavy atom. The fourth-order valence-corrected chi connectivity index (χ4v) is 2.25. The molecule has 0 heterocycles. The molecule has 7 N–H and O–H groups in total. The van der Waals surface area contributed by atoms with Gasteiger partial charge in [-0.1, -0.05) is 12.8 Å². The molecular weight excluding hydrogens is 299 g/mol. The van der Waals surface area contributed by atoms with Gasteiger partial charge in [0.2, 0.25) is 0 Å². The lowest BCUT2D eigenvalue weighted by atomic mass is 9.81. The van der Waals surface area contributed by atoms with Crippen molar-refractivity contribution in [2.24, 2.45) is 5.73 Å². The highest BCUT2D eigenvalue weighted by molar-refractivity contribution is 6.40. The number of rotatable bonds is 11. The number of nitrogens with two attached hydrogens (primary N) is 2. The first kappa shape index (κ1) is 19.3. The molecule has 0 aromatic heterocycles. The molecule has 7 nitrogen and oxygen atoms in total. The van der Waals surface area contributed by atoms with Crippen molar-refractivity contribution >= 4 is 18.8 Å². The molecule has 23 heavy (non-hydrogen) atoms. The third-order valence-electron chi connectivity index (χ3n) is 3.68. The summed E-state index contributed by atoms with van der Waals surface area (Å²) in [5.41, 5.74) is 10.9. The van der Waals surface area contributed by atoms with E-state index < -0.39 is 18.6 Å². The first-order valence-corrected chi connectivity index (χ1v) is 7.70. The molecule has 1 aromatic rings. The topological polar surface area (TPSA) is 139 Å². The molecule has 1 unspecified atom stereocenters. The molecule has 0 bridgehead atoms. The molecule has 0 aliphatic carbocycles. The van der Waals surface area contributed by atoms with Crippen LogP contribution in [0.2, 0.25) is 6.32 Å². The average Bonchev–Trinajstić information content (AvgIpc) is 2.49. The first-order valence-electron chi connectivity index (χ1n) is 7.70. The maximum atomic E-state index is 11.4. The van der Waals surface area contributed by atoms with Crippen molar-refractivity contribution in [3.05, 3.63) is 24.3 Å². The molecule has 0 saturated heterocycles. The standard InChI is InChI=1S/C15H25BN2O5/c17-12-4-6-13(7-5-12)23-11-3-9-15(18,14(19)20)8-1-2-10-16(21)22/h4-7,21-22H,1-3,8-11,17-18H2,(H,19,20). The third kappa shape index (κ3) is 7.36. The van der Waals surface area contributed by atoms with Gasteiger partial charge in [-0.25, -0.2) is 0 Å². The molecular formula is C15H25BN2O5. The largest absolute Gasteiger partial charge is 0.494 e. The van der Waals surface area contributed by atoms with E-state index in [9.17, 15) is 9.90 Å². The number of carboxylic acids is 1. The molecule has 0 fully saturated rings. The summed E-state index contributed by atoms with van der Waals surface area (Å²) in [4.78, 5) is 11.4. The summed E-state index contributed by atoms with van der Waals surface area (Å²) in [5, 5.41) is 26.9. The van der Waals surface area contributed by atoms with Gasteiger partial charge in [-0.3, -0.25) is 4.79 Å². The maximum Gasteiger partial charge on any atom is 0.451 e. The minimum atomic E-state index is -1.36. The third-order valence-corrected chi connectivity index (χ3v) is 3.68. The molecule has 0 spiro atoms. The number of hydrogen-bond donors (Lipinski definition) is 5. The second-order valence-electron chi connectivity index (χ2n) is 5.71. The zero-order valence-electron chi connectivity index (χ0n) is 13.1. The van der Waals surface area contributed by atoms with Crippen LogP contribution in [0.1, 0.15) is 32.1 Å². The molecule has 1 atom stereocenters. The van der Waals surface area contributed by atoms with Crippen LogP contribution in [0.15, 0.2) is 24.3 Å². The van der Waals surface area contributed by atoms with Crippen LogP contribution in [0.4, 0.5) is 5.69 Å². The van der Waals surface area contributed by atoms with Gasteiger partial charge >= 0.3 is 13.1 Å². The summed E-state index contributed by atoms with van der Waals surface area (Å²) in [5.74, 6) is -0.372. The maximum absolute atomic E-state index is 11.4. The van der Waals surface area contributed by atoms with E-state index >= 15 is 0 Å². The van der Waals surface area contributed by atoms with Crippen LogP contribution >= 0.6 is 0 Å². The van der Waals surface area contributed by atoms with Crippen LogP contribution in [0, 0.1) is 0 Å². The lowest BCUT2D eigenvalue weighted by Crippen LogP contribution is -2.48. The smallest absolute Gasteiger partial charge is 0.451 e. The number of benzene rings is 1. The molecule has 0 saturated carbocycles. The van der Waals surface area contributed by atoms with Crippen molar-refractivity contribution in [3.63, 3.8) is 0 Å². The monoisotopic (exact) mass is 324 g/mol. The van der Waals surface area contributed by atoms with Crippen LogP contribution in [-0.2, 0) is 4.79 Å². The predicted molar refractivity (Wildman–Crippen MR) is 89.0 cm³/mol. The van der Waals surface area contributed by atoms with Gasteiger partial charge in [-0.2, -0.15) is 0 Å². The van der Waals surface area contributed by atoms with Crippen LogP contribution < -0.4 is 16.2 Å². The molecule has 0 aliphatic heterocycles. The Kier molecular flexibility index (Phi) is 7.87. The van der Waals surface area contributed by atoms with E-state index in [4.69, 9.17) is 26.3 Å². The fourth-order valence-electron chi connectivity index (χ4n) is 2.25. The van der Waals surface area contributed by atoms with E-state index in [-0.39, 0.29) is 12.7 Å². The highest BCUT2D eigenvalue weighted by Crippen LogP contribution is 2.20. The Morgan fingerprint density at radius 1 is 1.13 bits per heavy atom. The van der Waals surface area contributed by atoms with E-state index in [0.29, 0.717) is 43.7 Å². The normalized spacial score (nSPS) is 13.3. The van der Waals surface area contributed by atoms with Crippen LogP contribution in [0.3, 0.4) is 0 Å². The summed E-state index contributed by atoms with van der Waals surface area (Å²) < 4.78 is 5.52. The molecule has 0 amide bonds. The highest BCUT2D eigenvalue weighted by atomic mass is 16.5. The number of carbonyl (C=O) groups is 1. The number of hydrogen-bond acceptors (Lipinski definition) is 6. The molecule has 0 aliphatic rings. The summed E-state index contributed by atoms with van der Waals surface area (Å²) in [6.07, 6.45) is 2.35. The Labute approximate surface area is 136 Å². The summed E-state index contributed by atoms with van der Waals surface area (Å²) in [7, 11) is -1.36. The zero-order chi connectivity index (χ0) is 17.3. The van der Waals surface area contributed by atoms with Crippen molar-refractivity contribution < 1.29 is 24.7 Å². The van der Waals surface area contributed by atoms with Crippen molar-refractivity contribution in [3.8, 4) is 5.75 Å². The lowest BCUT2D eigenvalue weighted by Gasteiger charge is -2.24. The fraction of sp³-hybridized carbons (Fsp3) is 0.533. The van der Waals surface area contributed by atoms with Crippen molar-refractivity contribution in [2.75, 3.05) is 12.3 Å². The quantitative estimate of drug-likeness (QED) is 0.231.